The molecule has 0 fully saturated rings. The van der Waals surface area contributed by atoms with Crippen LogP contribution in [-0.2, 0) is 4.79 Å². The zero-order valence-corrected chi connectivity index (χ0v) is 18.1. The highest BCUT2D eigenvalue weighted by molar-refractivity contribution is 6.16. The standard InChI is InChI=1S/C25H22N4O4/c1-4-23(30)28-21-8-6-5-7-20(21)27-22-10-9-18-19(14-26-25(18)29-22)24(31)15-11-16(32-2)13-17(12-15)33-3/h4-14H,1H2,2-3H3,(H,28,30)(H2,26,27,29). The maximum Gasteiger partial charge on any atom is 0.247 e. The van der Waals surface area contributed by atoms with Crippen LogP contribution in [0.15, 0.2) is 73.4 Å². The first kappa shape index (κ1) is 21.6. The summed E-state index contributed by atoms with van der Waals surface area (Å²) in [6.07, 6.45) is 2.84. The number of aromatic nitrogens is 2. The Kier molecular flexibility index (Phi) is 6.08. The molecule has 0 saturated carbocycles. The number of methoxy groups -OCH3 is 2. The number of hydrogen-bond acceptors (Lipinski definition) is 6. The monoisotopic (exact) mass is 442 g/mol. The molecule has 2 heterocycles. The van der Waals surface area contributed by atoms with Crippen molar-refractivity contribution in [2.45, 2.75) is 0 Å². The highest BCUT2D eigenvalue weighted by Gasteiger charge is 2.17. The Labute approximate surface area is 190 Å². The molecule has 3 N–H and O–H groups in total. The van der Waals surface area contributed by atoms with Gasteiger partial charge in [0, 0.05) is 28.8 Å². The van der Waals surface area contributed by atoms with Crippen LogP contribution in [0.2, 0.25) is 0 Å². The predicted molar refractivity (Wildman–Crippen MR) is 128 cm³/mol. The minimum absolute atomic E-state index is 0.182. The van der Waals surface area contributed by atoms with Gasteiger partial charge in [-0.2, -0.15) is 0 Å². The number of aromatic amines is 1. The number of carbonyl (C=O) groups is 2. The quantitative estimate of drug-likeness (QED) is 0.270. The molecule has 0 aliphatic rings. The summed E-state index contributed by atoms with van der Waals surface area (Å²) in [6, 6.07) is 15.9. The average Bonchev–Trinajstić information content (AvgIpc) is 3.27. The summed E-state index contributed by atoms with van der Waals surface area (Å²) in [5.74, 6) is 1.12. The molecule has 4 aromatic rings. The first-order valence-corrected chi connectivity index (χ1v) is 10.1. The number of nitrogens with one attached hydrogen (secondary N) is 3. The van der Waals surface area contributed by atoms with Crippen molar-refractivity contribution < 1.29 is 19.1 Å². The fraction of sp³-hybridized carbons (Fsp3) is 0.0800. The number of carbonyl (C=O) groups excluding carboxylic acids is 2. The van der Waals surface area contributed by atoms with E-state index < -0.39 is 0 Å². The number of benzene rings is 2. The van der Waals surface area contributed by atoms with Gasteiger partial charge in [-0.25, -0.2) is 4.98 Å². The lowest BCUT2D eigenvalue weighted by Crippen LogP contribution is -2.09. The molecule has 2 aromatic heterocycles. The van der Waals surface area contributed by atoms with E-state index in [1.807, 2.05) is 24.3 Å². The van der Waals surface area contributed by atoms with Gasteiger partial charge in [-0.15, -0.1) is 0 Å². The van der Waals surface area contributed by atoms with Crippen molar-refractivity contribution in [1.29, 1.82) is 0 Å². The van der Waals surface area contributed by atoms with Crippen LogP contribution < -0.4 is 20.1 Å². The number of amides is 1. The van der Waals surface area contributed by atoms with Crippen LogP contribution in [0.4, 0.5) is 17.2 Å². The van der Waals surface area contributed by atoms with Crippen LogP contribution in [-0.4, -0.2) is 35.9 Å². The molecular weight excluding hydrogens is 420 g/mol. The Morgan fingerprint density at radius 3 is 2.36 bits per heavy atom. The van der Waals surface area contributed by atoms with Gasteiger partial charge in [-0.3, -0.25) is 9.59 Å². The van der Waals surface area contributed by atoms with Gasteiger partial charge < -0.3 is 25.1 Å². The van der Waals surface area contributed by atoms with Crippen molar-refractivity contribution in [3.8, 4) is 11.5 Å². The highest BCUT2D eigenvalue weighted by atomic mass is 16.5. The molecule has 0 spiro atoms. The summed E-state index contributed by atoms with van der Waals surface area (Å²) in [5, 5.41) is 6.63. The topological polar surface area (TPSA) is 105 Å². The lowest BCUT2D eigenvalue weighted by molar-refractivity contribution is -0.111. The molecule has 166 valence electrons. The number of ether oxygens (including phenoxy) is 2. The molecule has 33 heavy (non-hydrogen) atoms. The number of ketones is 1. The summed E-state index contributed by atoms with van der Waals surface area (Å²) in [5.41, 5.74) is 2.74. The zero-order chi connectivity index (χ0) is 23.4. The molecule has 1 amide bonds. The lowest BCUT2D eigenvalue weighted by atomic mass is 10.0. The number of hydrogen-bond donors (Lipinski definition) is 3. The van der Waals surface area contributed by atoms with E-state index in [-0.39, 0.29) is 11.7 Å². The number of para-hydroxylation sites is 2. The Morgan fingerprint density at radius 1 is 1.00 bits per heavy atom. The molecule has 0 aliphatic heterocycles. The average molecular weight is 442 g/mol. The number of nitrogens with zero attached hydrogens (tertiary/aromatic N) is 1. The van der Waals surface area contributed by atoms with Crippen LogP contribution in [0.3, 0.4) is 0 Å². The first-order chi connectivity index (χ1) is 16.0. The summed E-state index contributed by atoms with van der Waals surface area (Å²) in [4.78, 5) is 32.5. The van der Waals surface area contributed by atoms with E-state index >= 15 is 0 Å². The minimum Gasteiger partial charge on any atom is -0.497 e. The summed E-state index contributed by atoms with van der Waals surface area (Å²) >= 11 is 0. The first-order valence-electron chi connectivity index (χ1n) is 10.1. The van der Waals surface area contributed by atoms with Crippen molar-refractivity contribution in [3.63, 3.8) is 0 Å². The van der Waals surface area contributed by atoms with E-state index in [2.05, 4.69) is 27.2 Å². The Bertz CT molecular complexity index is 1340. The number of anilines is 3. The van der Waals surface area contributed by atoms with E-state index in [9.17, 15) is 9.59 Å². The van der Waals surface area contributed by atoms with E-state index in [4.69, 9.17) is 9.47 Å². The smallest absolute Gasteiger partial charge is 0.247 e. The maximum atomic E-state index is 13.2. The summed E-state index contributed by atoms with van der Waals surface area (Å²) in [7, 11) is 3.07. The molecule has 0 radical (unpaired) electrons. The van der Waals surface area contributed by atoms with E-state index in [0.29, 0.717) is 50.9 Å². The molecule has 0 atom stereocenters. The second-order valence-electron chi connectivity index (χ2n) is 7.09. The van der Waals surface area contributed by atoms with E-state index in [0.717, 1.165) is 0 Å². The summed E-state index contributed by atoms with van der Waals surface area (Å²) < 4.78 is 10.5. The zero-order valence-electron chi connectivity index (χ0n) is 18.1. The number of pyridine rings is 1. The van der Waals surface area contributed by atoms with Gasteiger partial charge in [0.25, 0.3) is 0 Å². The van der Waals surface area contributed by atoms with Gasteiger partial charge in [0.05, 0.1) is 25.6 Å². The van der Waals surface area contributed by atoms with E-state index in [1.165, 1.54) is 20.3 Å². The molecule has 0 bridgehead atoms. The van der Waals surface area contributed by atoms with Gasteiger partial charge >= 0.3 is 0 Å². The molecule has 0 aliphatic carbocycles. The molecule has 0 saturated heterocycles. The van der Waals surface area contributed by atoms with Gasteiger partial charge in [-0.1, -0.05) is 18.7 Å². The van der Waals surface area contributed by atoms with E-state index in [1.54, 1.807) is 36.5 Å². The fourth-order valence-corrected chi connectivity index (χ4v) is 3.38. The third-order valence-electron chi connectivity index (χ3n) is 5.03. The third-order valence-corrected chi connectivity index (χ3v) is 5.03. The maximum absolute atomic E-state index is 13.2. The third kappa shape index (κ3) is 4.54. The van der Waals surface area contributed by atoms with Gasteiger partial charge in [0.2, 0.25) is 5.91 Å². The summed E-state index contributed by atoms with van der Waals surface area (Å²) in [6.45, 7) is 3.47. The van der Waals surface area contributed by atoms with Crippen molar-refractivity contribution in [1.82, 2.24) is 9.97 Å². The van der Waals surface area contributed by atoms with Crippen molar-refractivity contribution in [2.75, 3.05) is 24.9 Å². The van der Waals surface area contributed by atoms with Gasteiger partial charge in [0.15, 0.2) is 5.78 Å². The van der Waals surface area contributed by atoms with Crippen LogP contribution in [0.25, 0.3) is 11.0 Å². The molecule has 0 unspecified atom stereocenters. The number of fused-ring (bicyclic) bond motifs is 1. The number of H-pyrrole nitrogens is 1. The van der Waals surface area contributed by atoms with Crippen LogP contribution in [0.5, 0.6) is 11.5 Å². The largest absolute Gasteiger partial charge is 0.497 e. The second kappa shape index (κ2) is 9.27. The number of rotatable bonds is 8. The molecule has 2 aromatic carbocycles. The fourth-order valence-electron chi connectivity index (χ4n) is 3.38. The SMILES string of the molecule is C=CC(=O)Nc1ccccc1Nc1ccc2c(C(=O)c3cc(OC)cc(OC)c3)c[nH]c2n1. The van der Waals surface area contributed by atoms with Crippen molar-refractivity contribution >= 4 is 39.9 Å². The predicted octanol–water partition coefficient (Wildman–Crippen LogP) is 4.68. The van der Waals surface area contributed by atoms with Crippen LogP contribution in [0, 0.1) is 0 Å². The van der Waals surface area contributed by atoms with Crippen molar-refractivity contribution in [3.05, 3.63) is 84.6 Å². The minimum atomic E-state index is -0.311. The Hall–Kier alpha value is -4.59. The van der Waals surface area contributed by atoms with Gasteiger partial charge in [0.1, 0.15) is 23.0 Å². The van der Waals surface area contributed by atoms with Crippen LogP contribution >= 0.6 is 0 Å². The molecule has 8 nitrogen and oxygen atoms in total. The van der Waals surface area contributed by atoms with Crippen molar-refractivity contribution in [2.24, 2.45) is 0 Å². The van der Waals surface area contributed by atoms with Gasteiger partial charge in [-0.05, 0) is 42.5 Å². The molecular formula is C25H22N4O4. The normalized spacial score (nSPS) is 10.5. The molecule has 4 rings (SSSR count). The Morgan fingerprint density at radius 2 is 1.70 bits per heavy atom. The van der Waals surface area contributed by atoms with Crippen LogP contribution in [0.1, 0.15) is 15.9 Å². The molecule has 8 heteroatoms. The second-order valence-corrected chi connectivity index (χ2v) is 7.09. The highest BCUT2D eigenvalue weighted by Crippen LogP contribution is 2.29. The lowest BCUT2D eigenvalue weighted by Gasteiger charge is -2.12. The Balaban J connectivity index is 1.63.